The van der Waals surface area contributed by atoms with Gasteiger partial charge in [-0.3, -0.25) is 0 Å². The summed E-state index contributed by atoms with van der Waals surface area (Å²) >= 11 is 0. The van der Waals surface area contributed by atoms with E-state index in [4.69, 9.17) is 0 Å². The normalized spacial score (nSPS) is 10.2. The first kappa shape index (κ1) is 8.49. The molecule has 0 aliphatic carbocycles. The number of benzene rings is 2. The molecule has 0 saturated heterocycles. The van der Waals surface area contributed by atoms with E-state index >= 15 is 0 Å². The van der Waals surface area contributed by atoms with Crippen LogP contribution in [0, 0.1) is 0 Å². The van der Waals surface area contributed by atoms with Gasteiger partial charge in [-0.2, -0.15) is 0 Å². The van der Waals surface area contributed by atoms with Crippen molar-refractivity contribution in [3.8, 4) is 0 Å². The van der Waals surface area contributed by atoms with E-state index in [1.807, 2.05) is 0 Å². The van der Waals surface area contributed by atoms with Gasteiger partial charge in [-0.15, -0.1) is 0 Å². The lowest BCUT2D eigenvalue weighted by molar-refractivity contribution is 1.82. The molecule has 0 aliphatic rings. The molecule has 2 aromatic rings. The Morgan fingerprint density at radius 2 is 1.69 bits per heavy atom. The van der Waals surface area contributed by atoms with Crippen LogP contribution in [0.4, 0.5) is 0 Å². The van der Waals surface area contributed by atoms with Crippen LogP contribution in [0.2, 0.25) is 0 Å². The van der Waals surface area contributed by atoms with Crippen molar-refractivity contribution in [3.63, 3.8) is 0 Å². The Hall–Kier alpha value is -1.11. The summed E-state index contributed by atoms with van der Waals surface area (Å²) in [4.78, 5) is 0. The van der Waals surface area contributed by atoms with Crippen molar-refractivity contribution in [2.75, 3.05) is 0 Å². The van der Waals surface area contributed by atoms with Crippen LogP contribution in [0.25, 0.3) is 10.8 Å². The minimum absolute atomic E-state index is 1.11. The molecule has 0 atom stereocenters. The molecule has 3 heteroatoms. The maximum atomic E-state index is 2.22. The average molecular weight is 164 g/mol. The molecule has 0 amide bonds. The highest BCUT2D eigenvalue weighted by Crippen LogP contribution is 2.07. The summed E-state index contributed by atoms with van der Waals surface area (Å²) in [5, 5.41) is 2.80. The second-order valence-electron chi connectivity index (χ2n) is 3.44. The number of fused-ring (bicyclic) bond motifs is 1. The van der Waals surface area contributed by atoms with Gasteiger partial charge < -0.3 is 0 Å². The Morgan fingerprint density at radius 3 is 2.38 bits per heavy atom. The molecule has 13 heavy (non-hydrogen) atoms. The monoisotopic (exact) mass is 164 g/mol. The lowest BCUT2D eigenvalue weighted by Gasteiger charge is -2.06. The third kappa shape index (κ3) is 1.39. The van der Waals surface area contributed by atoms with Crippen LogP contribution in [-0.4, -0.2) is 22.8 Å². The summed E-state index contributed by atoms with van der Waals surface area (Å²) in [6.07, 6.45) is 0. The third-order valence-corrected chi connectivity index (χ3v) is 2.58. The fourth-order valence-electron chi connectivity index (χ4n) is 1.91. The quantitative estimate of drug-likeness (QED) is 0.459. The highest BCUT2D eigenvalue weighted by Gasteiger charge is 2.00. The zero-order valence-electron chi connectivity index (χ0n) is 8.17. The molecule has 0 saturated carbocycles. The second kappa shape index (κ2) is 3.33. The van der Waals surface area contributed by atoms with Crippen LogP contribution in [0.15, 0.2) is 36.4 Å². The van der Waals surface area contributed by atoms with Crippen molar-refractivity contribution < 1.29 is 0 Å². The molecule has 2 rings (SSSR count). The topological polar surface area (TPSA) is 0 Å². The molecular weight excluding hydrogens is 153 g/mol. The lowest BCUT2D eigenvalue weighted by atomic mass is 9.50. The Balaban J connectivity index is 2.87. The SMILES string of the molecule is BBc1cccc2cccc(B)c12. The van der Waals surface area contributed by atoms with Crippen LogP contribution < -0.4 is 10.9 Å². The molecule has 60 valence electrons. The molecule has 0 aliphatic heterocycles. The summed E-state index contributed by atoms with van der Waals surface area (Å²) in [6.45, 7) is 0. The van der Waals surface area contributed by atoms with E-state index in [0.717, 1.165) is 7.17 Å². The first-order chi connectivity index (χ1) is 6.33. The largest absolute Gasteiger partial charge is 0.140 e. The molecule has 0 bridgehead atoms. The summed E-state index contributed by atoms with van der Waals surface area (Å²) in [6, 6.07) is 13.0. The molecular formula is C10H11B3. The van der Waals surface area contributed by atoms with Crippen LogP contribution in [-0.2, 0) is 0 Å². The van der Waals surface area contributed by atoms with E-state index in [0.29, 0.717) is 0 Å². The molecule has 0 aromatic heterocycles. The van der Waals surface area contributed by atoms with E-state index in [9.17, 15) is 0 Å². The summed E-state index contributed by atoms with van der Waals surface area (Å²) in [7, 11) is 5.50. The van der Waals surface area contributed by atoms with E-state index in [-0.39, 0.29) is 0 Å². The van der Waals surface area contributed by atoms with Gasteiger partial charge in [0.15, 0.2) is 0 Å². The van der Waals surface area contributed by atoms with Crippen LogP contribution >= 0.6 is 0 Å². The molecule has 0 spiro atoms. The Kier molecular flexibility index (Phi) is 2.18. The summed E-state index contributed by atoms with van der Waals surface area (Å²) in [5.74, 6) is 0. The molecule has 0 heterocycles. The summed E-state index contributed by atoms with van der Waals surface area (Å²) in [5.41, 5.74) is 2.84. The first-order valence-corrected chi connectivity index (χ1v) is 4.80. The minimum atomic E-state index is 1.11. The van der Waals surface area contributed by atoms with Crippen LogP contribution in [0.1, 0.15) is 0 Å². The maximum Gasteiger partial charge on any atom is 0.140 e. The van der Waals surface area contributed by atoms with Crippen LogP contribution in [0.5, 0.6) is 0 Å². The Labute approximate surface area is 81.4 Å². The van der Waals surface area contributed by atoms with Gasteiger partial charge in [0.2, 0.25) is 0 Å². The van der Waals surface area contributed by atoms with Gasteiger partial charge in [-0.05, 0) is 10.8 Å². The highest BCUT2D eigenvalue weighted by atomic mass is 14.0. The smallest absolute Gasteiger partial charge is 0.0863 e. The second-order valence-corrected chi connectivity index (χ2v) is 3.44. The van der Waals surface area contributed by atoms with Crippen molar-refractivity contribution >= 4 is 44.5 Å². The zero-order chi connectivity index (χ0) is 9.26. The Morgan fingerprint density at radius 1 is 1.00 bits per heavy atom. The molecule has 0 unspecified atom stereocenters. The van der Waals surface area contributed by atoms with Gasteiger partial charge in [0, 0.05) is 0 Å². The van der Waals surface area contributed by atoms with E-state index in [1.54, 1.807) is 0 Å². The molecule has 0 nitrogen and oxygen atoms in total. The van der Waals surface area contributed by atoms with E-state index in [2.05, 4.69) is 52.0 Å². The van der Waals surface area contributed by atoms with Gasteiger partial charge >= 0.3 is 0 Å². The van der Waals surface area contributed by atoms with Gasteiger partial charge in [-0.25, -0.2) is 0 Å². The maximum absolute atomic E-state index is 2.22. The van der Waals surface area contributed by atoms with Crippen molar-refractivity contribution in [1.82, 2.24) is 0 Å². The average Bonchev–Trinajstić information content (AvgIpc) is 2.17. The number of hydrogen-bond acceptors (Lipinski definition) is 0. The van der Waals surface area contributed by atoms with Crippen molar-refractivity contribution in [1.29, 1.82) is 0 Å². The third-order valence-electron chi connectivity index (χ3n) is 2.58. The predicted molar refractivity (Wildman–Crippen MR) is 67.5 cm³/mol. The highest BCUT2D eigenvalue weighted by molar-refractivity contribution is 6.98. The van der Waals surface area contributed by atoms with Crippen LogP contribution in [0.3, 0.4) is 0 Å². The molecule has 2 aromatic carbocycles. The summed E-state index contributed by atoms with van der Waals surface area (Å²) < 4.78 is 0. The van der Waals surface area contributed by atoms with Gasteiger partial charge in [-0.1, -0.05) is 47.3 Å². The van der Waals surface area contributed by atoms with Gasteiger partial charge in [0.05, 0.1) is 7.74 Å². The number of rotatable bonds is 1. The van der Waals surface area contributed by atoms with Gasteiger partial charge in [0.25, 0.3) is 0 Å². The van der Waals surface area contributed by atoms with Crippen molar-refractivity contribution in [2.24, 2.45) is 0 Å². The predicted octanol–water partition coefficient (Wildman–Crippen LogP) is -1.29. The fourth-order valence-corrected chi connectivity index (χ4v) is 1.91. The Bertz CT molecular complexity index is 432. The molecule has 0 radical (unpaired) electrons. The standard InChI is InChI=1S/C10H11B3/c11-8-5-1-3-7-4-2-6-9(13-12)10(7)8/h1-6,13H,11-12H2. The van der Waals surface area contributed by atoms with E-state index < -0.39 is 0 Å². The van der Waals surface area contributed by atoms with E-state index in [1.165, 1.54) is 21.7 Å². The first-order valence-electron chi connectivity index (χ1n) is 4.80. The lowest BCUT2D eigenvalue weighted by Crippen LogP contribution is -2.21. The minimum Gasteiger partial charge on any atom is -0.0863 e. The van der Waals surface area contributed by atoms with Crippen molar-refractivity contribution in [3.05, 3.63) is 36.4 Å². The fraction of sp³-hybridized carbons (Fsp3) is 0. The van der Waals surface area contributed by atoms with Gasteiger partial charge in [0.1, 0.15) is 15.0 Å². The zero-order valence-corrected chi connectivity index (χ0v) is 8.17. The number of hydrogen-bond donors (Lipinski definition) is 0. The molecule has 0 N–H and O–H groups in total. The molecule has 0 fully saturated rings. The van der Waals surface area contributed by atoms with Crippen molar-refractivity contribution in [2.45, 2.75) is 0 Å².